The third-order valence-electron chi connectivity index (χ3n) is 4.14. The Bertz CT molecular complexity index is 957. The molecule has 3 rings (SSSR count). The highest BCUT2D eigenvalue weighted by Crippen LogP contribution is 2.15. The third-order valence-corrected chi connectivity index (χ3v) is 6.66. The number of halogens is 1. The first-order valence-electron chi connectivity index (χ1n) is 7.83. The van der Waals surface area contributed by atoms with Crippen molar-refractivity contribution in [1.82, 2.24) is 14.6 Å². The van der Waals surface area contributed by atoms with E-state index >= 15 is 0 Å². The molecule has 2 aromatic heterocycles. The third kappa shape index (κ3) is 3.44. The molecule has 1 unspecified atom stereocenters. The number of carbonyl (C=O) groups is 1. The van der Waals surface area contributed by atoms with E-state index in [-0.39, 0.29) is 41.3 Å². The van der Waals surface area contributed by atoms with Gasteiger partial charge < -0.3 is 4.52 Å². The van der Waals surface area contributed by atoms with E-state index < -0.39 is 16.1 Å². The monoisotopic (exact) mass is 444 g/mol. The van der Waals surface area contributed by atoms with Gasteiger partial charge in [-0.25, -0.2) is 12.7 Å². The fraction of sp³-hybridized carbons (Fsp3) is 0.429. The number of piperazine rings is 1. The highest BCUT2D eigenvalue weighted by molar-refractivity contribution is 9.10. The topological polar surface area (TPSA) is 126 Å². The zero-order valence-electron chi connectivity index (χ0n) is 13.9. The Morgan fingerprint density at radius 1 is 1.54 bits per heavy atom. The molecule has 10 nitrogen and oxygen atoms in total. The number of ketones is 1. The minimum Gasteiger partial charge on any atom is -0.379 e. The number of rotatable bonds is 5. The molecule has 0 amide bonds. The van der Waals surface area contributed by atoms with Gasteiger partial charge in [0.25, 0.3) is 0 Å². The molecule has 0 radical (unpaired) electrons. The van der Waals surface area contributed by atoms with Crippen molar-refractivity contribution in [2.75, 3.05) is 30.4 Å². The van der Waals surface area contributed by atoms with Crippen LogP contribution in [0.3, 0.4) is 0 Å². The second-order valence-corrected chi connectivity index (χ2v) is 8.63. The Morgan fingerprint density at radius 3 is 2.88 bits per heavy atom. The van der Waals surface area contributed by atoms with Gasteiger partial charge in [0.05, 0.1) is 11.8 Å². The van der Waals surface area contributed by atoms with E-state index in [9.17, 15) is 13.2 Å². The first kappa shape index (κ1) is 18.7. The molecule has 0 bridgehead atoms. The number of carbonyl (C=O) groups excluding carboxylic acids is 1. The second kappa shape index (κ2) is 7.29. The van der Waals surface area contributed by atoms with Crippen LogP contribution in [0.25, 0.3) is 0 Å². The molecule has 2 aromatic rings. The maximum absolute atomic E-state index is 13.0. The Labute approximate surface area is 158 Å². The lowest BCUT2D eigenvalue weighted by Crippen LogP contribution is -2.73. The zero-order valence-corrected chi connectivity index (χ0v) is 16.3. The van der Waals surface area contributed by atoms with Gasteiger partial charge in [-0.15, -0.1) is 0 Å². The molecule has 1 saturated heterocycles. The Balaban J connectivity index is 2.00. The van der Waals surface area contributed by atoms with Gasteiger partial charge in [-0.05, 0) is 24.3 Å². The van der Waals surface area contributed by atoms with Crippen LogP contribution in [0.4, 0.5) is 0 Å². The van der Waals surface area contributed by atoms with E-state index in [0.29, 0.717) is 5.56 Å². The van der Waals surface area contributed by atoms with Gasteiger partial charge in [0.2, 0.25) is 10.0 Å². The highest BCUT2D eigenvalue weighted by Gasteiger charge is 2.38. The number of Topliss-reactive ketones (excluding diaryl/α,β-unsaturated/α-hetero) is 1. The normalized spacial score (nSPS) is 18.8. The quantitative estimate of drug-likeness (QED) is 0.463. The fourth-order valence-corrected chi connectivity index (χ4v) is 4.17. The van der Waals surface area contributed by atoms with Crippen LogP contribution in [0.15, 0.2) is 33.7 Å². The fourth-order valence-electron chi connectivity index (χ4n) is 2.73. The van der Waals surface area contributed by atoms with E-state index in [1.165, 1.54) is 15.3 Å². The van der Waals surface area contributed by atoms with Crippen LogP contribution in [0.2, 0.25) is 0 Å². The van der Waals surface area contributed by atoms with Gasteiger partial charge in [0.15, 0.2) is 5.78 Å². The van der Waals surface area contributed by atoms with E-state index in [2.05, 4.69) is 26.2 Å². The van der Waals surface area contributed by atoms with Crippen LogP contribution in [-0.2, 0) is 10.0 Å². The minimum atomic E-state index is -3.44. The van der Waals surface area contributed by atoms with Crippen molar-refractivity contribution in [2.45, 2.75) is 13.0 Å². The molecule has 12 heteroatoms. The molecule has 1 N–H and O–H groups in total. The summed E-state index contributed by atoms with van der Waals surface area (Å²) in [6, 6.07) is 2.43. The van der Waals surface area contributed by atoms with Crippen LogP contribution >= 0.6 is 15.9 Å². The van der Waals surface area contributed by atoms with E-state index in [0.717, 1.165) is 0 Å². The number of nitrogens with one attached hydrogen (secondary N) is 1. The molecular formula is C14H17BrN6O4S. The maximum Gasteiger partial charge on any atom is 0.332 e. The first-order chi connectivity index (χ1) is 12.3. The average Bonchev–Trinajstić information content (AvgIpc) is 3.00. The standard InChI is InChI=1S/C14H17BrN6O4S/c1-2-26(23,24)19-6-7-20(21-13(15)14(16)25-18-21)11(9-19)12(22)10-4-3-5-17-8-10/h3-5,8,11,16H,2,6-7,9H2,1H3. The van der Waals surface area contributed by atoms with Gasteiger partial charge in [-0.2, -0.15) is 0 Å². The van der Waals surface area contributed by atoms with Crippen LogP contribution < -0.4 is 20.6 Å². The average molecular weight is 445 g/mol. The lowest BCUT2D eigenvalue weighted by atomic mass is 10.0. The highest BCUT2D eigenvalue weighted by atomic mass is 79.9. The molecule has 3 heterocycles. The molecule has 1 fully saturated rings. The summed E-state index contributed by atoms with van der Waals surface area (Å²) >= 11 is 3.21. The van der Waals surface area contributed by atoms with Crippen molar-refractivity contribution >= 4 is 31.7 Å². The van der Waals surface area contributed by atoms with Crippen LogP contribution in [0, 0.1) is 5.41 Å². The molecular weight excluding hydrogens is 428 g/mol. The largest absolute Gasteiger partial charge is 0.379 e. The maximum atomic E-state index is 13.0. The lowest BCUT2D eigenvalue weighted by molar-refractivity contribution is -0.775. The van der Waals surface area contributed by atoms with Gasteiger partial charge in [-0.3, -0.25) is 20.2 Å². The Hall–Kier alpha value is -2.05. The molecule has 1 aliphatic rings. The summed E-state index contributed by atoms with van der Waals surface area (Å²) in [5, 5.41) is 13.0. The van der Waals surface area contributed by atoms with Gasteiger partial charge in [0, 0.05) is 53.5 Å². The van der Waals surface area contributed by atoms with Crippen LogP contribution in [0.5, 0.6) is 0 Å². The number of sulfonamides is 1. The molecule has 0 spiro atoms. The van der Waals surface area contributed by atoms with Crippen molar-refractivity contribution in [1.29, 1.82) is 5.41 Å². The summed E-state index contributed by atoms with van der Waals surface area (Å²) in [5.41, 5.74) is 0.172. The number of pyridine rings is 1. The smallest absolute Gasteiger partial charge is 0.332 e. The summed E-state index contributed by atoms with van der Waals surface area (Å²) < 4.78 is 30.9. The summed E-state index contributed by atoms with van der Waals surface area (Å²) in [6.07, 6.45) is 2.99. The summed E-state index contributed by atoms with van der Waals surface area (Å²) in [6.45, 7) is 1.95. The van der Waals surface area contributed by atoms with Crippen molar-refractivity contribution in [3.8, 4) is 0 Å². The molecule has 26 heavy (non-hydrogen) atoms. The first-order valence-corrected chi connectivity index (χ1v) is 10.2. The van der Waals surface area contributed by atoms with Gasteiger partial charge in [-0.1, -0.05) is 4.79 Å². The number of aromatic nitrogens is 3. The molecule has 140 valence electrons. The number of nitrogens with zero attached hydrogens (tertiary/aromatic N) is 5. The number of hydrogen-bond acceptors (Lipinski definition) is 7. The molecule has 1 aliphatic heterocycles. The summed E-state index contributed by atoms with van der Waals surface area (Å²) in [4.78, 5) is 18.3. The Morgan fingerprint density at radius 2 is 2.31 bits per heavy atom. The van der Waals surface area contributed by atoms with Crippen LogP contribution in [0.1, 0.15) is 17.3 Å². The van der Waals surface area contributed by atoms with Crippen LogP contribution in [-0.4, -0.2) is 54.9 Å². The van der Waals surface area contributed by atoms with Crippen molar-refractivity contribution in [3.63, 3.8) is 0 Å². The van der Waals surface area contributed by atoms with E-state index in [1.54, 1.807) is 30.3 Å². The summed E-state index contributed by atoms with van der Waals surface area (Å²) in [7, 11) is -3.44. The molecule has 1 atom stereocenters. The van der Waals surface area contributed by atoms with Crippen molar-refractivity contribution in [3.05, 3.63) is 40.2 Å². The predicted octanol–water partition coefficient (Wildman–Crippen LogP) is -0.984. The summed E-state index contributed by atoms with van der Waals surface area (Å²) in [5.74, 6) is -0.332. The predicted molar refractivity (Wildman–Crippen MR) is 92.3 cm³/mol. The van der Waals surface area contributed by atoms with Crippen molar-refractivity contribution in [2.24, 2.45) is 0 Å². The second-order valence-electron chi connectivity index (χ2n) is 5.63. The zero-order chi connectivity index (χ0) is 18.9. The van der Waals surface area contributed by atoms with Crippen molar-refractivity contribution < 1.29 is 22.5 Å². The molecule has 0 saturated carbocycles. The molecule has 0 aliphatic carbocycles. The SMILES string of the molecule is CCS(=O)(=O)N1CCN([n+]2[n-]oc(=N)c2Br)C(C(=O)c2cccnc2)C1. The molecule has 0 aromatic carbocycles. The van der Waals surface area contributed by atoms with Gasteiger partial charge >= 0.3 is 10.2 Å². The van der Waals surface area contributed by atoms with Gasteiger partial charge in [0.1, 0.15) is 0 Å². The Kier molecular flexibility index (Phi) is 5.25. The van der Waals surface area contributed by atoms with E-state index in [4.69, 9.17) is 9.93 Å². The van der Waals surface area contributed by atoms with E-state index in [1.807, 2.05) is 0 Å². The minimum absolute atomic E-state index is 0.0243. The lowest BCUT2D eigenvalue weighted by Gasteiger charge is -2.40. The number of hydrogen-bond donors (Lipinski definition) is 1.